The van der Waals surface area contributed by atoms with Gasteiger partial charge in [-0.25, -0.2) is 4.98 Å². The van der Waals surface area contributed by atoms with Crippen LogP contribution in [-0.2, 0) is 4.79 Å². The zero-order valence-corrected chi connectivity index (χ0v) is 14.7. The maximum absolute atomic E-state index is 11.7. The highest BCUT2D eigenvalue weighted by Crippen LogP contribution is 2.35. The summed E-state index contributed by atoms with van der Waals surface area (Å²) in [7, 11) is 0. The number of oxazole rings is 1. The molecule has 0 spiro atoms. The Bertz CT molecular complexity index is 934. The summed E-state index contributed by atoms with van der Waals surface area (Å²) in [5.41, 5.74) is 1.61. The van der Waals surface area contributed by atoms with Gasteiger partial charge in [0.2, 0.25) is 5.89 Å². The van der Waals surface area contributed by atoms with Crippen LogP contribution in [0.25, 0.3) is 22.6 Å². The van der Waals surface area contributed by atoms with Crippen molar-refractivity contribution < 1.29 is 14.3 Å². The van der Waals surface area contributed by atoms with Gasteiger partial charge in [0.05, 0.1) is 5.56 Å². The van der Waals surface area contributed by atoms with Gasteiger partial charge in [-0.3, -0.25) is 4.79 Å². The van der Waals surface area contributed by atoms with E-state index in [0.717, 1.165) is 0 Å². The first-order valence-electron chi connectivity index (χ1n) is 6.52. The molecule has 2 N–H and O–H groups in total. The number of halogens is 4. The highest BCUT2D eigenvalue weighted by molar-refractivity contribution is 6.76. The van der Waals surface area contributed by atoms with Gasteiger partial charge >= 0.3 is 0 Å². The Morgan fingerprint density at radius 3 is 2.62 bits per heavy atom. The first-order valence-corrected chi connectivity index (χ1v) is 8.03. The highest BCUT2D eigenvalue weighted by Gasteiger charge is 2.30. The quantitative estimate of drug-likeness (QED) is 0.456. The second kappa shape index (κ2) is 6.33. The molecular formula is C15H8Cl4N2O3. The van der Waals surface area contributed by atoms with Crippen LogP contribution in [-0.4, -0.2) is 19.8 Å². The number of carbonyl (C=O) groups excluding carboxylic acids is 1. The van der Waals surface area contributed by atoms with Crippen molar-refractivity contribution in [2.45, 2.75) is 3.79 Å². The number of amides is 1. The van der Waals surface area contributed by atoms with Gasteiger partial charge < -0.3 is 14.8 Å². The molecule has 124 valence electrons. The third kappa shape index (κ3) is 3.54. The molecule has 0 unspecified atom stereocenters. The Morgan fingerprint density at radius 2 is 1.92 bits per heavy atom. The lowest BCUT2D eigenvalue weighted by Gasteiger charge is -2.12. The molecule has 3 aromatic rings. The lowest BCUT2D eigenvalue weighted by Crippen LogP contribution is -2.26. The largest absolute Gasteiger partial charge is 0.507 e. The third-order valence-corrected chi connectivity index (χ3v) is 3.84. The van der Waals surface area contributed by atoms with Crippen molar-refractivity contribution in [3.63, 3.8) is 0 Å². The van der Waals surface area contributed by atoms with Crippen molar-refractivity contribution in [3.8, 4) is 17.2 Å². The van der Waals surface area contributed by atoms with E-state index in [1.165, 1.54) is 18.2 Å². The van der Waals surface area contributed by atoms with Gasteiger partial charge in [-0.1, -0.05) is 46.4 Å². The predicted molar refractivity (Wildman–Crippen MR) is 95.0 cm³/mol. The summed E-state index contributed by atoms with van der Waals surface area (Å²) in [6.45, 7) is 0. The third-order valence-electron chi connectivity index (χ3n) is 3.09. The number of carbonyl (C=O) groups is 1. The Kier molecular flexibility index (Phi) is 4.53. The first-order chi connectivity index (χ1) is 11.2. The monoisotopic (exact) mass is 404 g/mol. The Labute approximate surface area is 156 Å². The number of rotatable bonds is 2. The van der Waals surface area contributed by atoms with Crippen LogP contribution in [0, 0.1) is 0 Å². The van der Waals surface area contributed by atoms with Gasteiger partial charge in [0.1, 0.15) is 11.3 Å². The number of hydrogen-bond donors (Lipinski definition) is 2. The van der Waals surface area contributed by atoms with E-state index in [0.29, 0.717) is 21.8 Å². The average Bonchev–Trinajstić information content (AvgIpc) is 2.90. The number of aromatic nitrogens is 1. The number of phenolic OH excluding ortho intramolecular Hbond substituents is 1. The molecular weight excluding hydrogens is 398 g/mol. The fourth-order valence-corrected chi connectivity index (χ4v) is 2.31. The molecule has 0 saturated carbocycles. The summed E-state index contributed by atoms with van der Waals surface area (Å²) in [4.78, 5) is 16.0. The maximum atomic E-state index is 11.7. The molecule has 9 heteroatoms. The van der Waals surface area contributed by atoms with E-state index in [1.54, 1.807) is 18.2 Å². The standard InChI is InChI=1S/C15H8Cl4N2O3/c16-7-1-4-12-10(5-7)21-13(24-12)9-6-8(2-3-11(9)22)20-14(23)15(17,18)19/h1-6,22H,(H,20,23). The number of fused-ring (bicyclic) bond motifs is 1. The van der Waals surface area contributed by atoms with Crippen LogP contribution in [0.3, 0.4) is 0 Å². The van der Waals surface area contributed by atoms with Crippen LogP contribution < -0.4 is 5.32 Å². The second-order valence-electron chi connectivity index (χ2n) is 4.81. The molecule has 2 aromatic carbocycles. The summed E-state index contributed by atoms with van der Waals surface area (Å²) in [6, 6.07) is 9.24. The Hall–Kier alpha value is -1.66. The molecule has 3 rings (SSSR count). The van der Waals surface area contributed by atoms with E-state index in [2.05, 4.69) is 10.3 Å². The van der Waals surface area contributed by atoms with Crippen molar-refractivity contribution in [2.75, 3.05) is 5.32 Å². The number of alkyl halides is 3. The summed E-state index contributed by atoms with van der Waals surface area (Å²) >= 11 is 22.5. The maximum Gasteiger partial charge on any atom is 0.276 e. The van der Waals surface area contributed by atoms with Crippen molar-refractivity contribution in [1.29, 1.82) is 0 Å². The van der Waals surface area contributed by atoms with E-state index in [1.807, 2.05) is 0 Å². The average molecular weight is 406 g/mol. The number of hydrogen-bond acceptors (Lipinski definition) is 4. The molecule has 1 amide bonds. The molecule has 5 nitrogen and oxygen atoms in total. The number of nitrogens with one attached hydrogen (secondary N) is 1. The number of phenols is 1. The van der Waals surface area contributed by atoms with Gasteiger partial charge in [0, 0.05) is 10.7 Å². The normalized spacial score (nSPS) is 11.7. The van der Waals surface area contributed by atoms with Gasteiger partial charge in [0.25, 0.3) is 9.70 Å². The molecule has 0 aliphatic carbocycles. The summed E-state index contributed by atoms with van der Waals surface area (Å²) in [5, 5.41) is 13.0. The molecule has 0 saturated heterocycles. The SMILES string of the molecule is O=C(Nc1ccc(O)c(-c2nc3cc(Cl)ccc3o2)c1)C(Cl)(Cl)Cl. The molecule has 1 aromatic heterocycles. The number of anilines is 1. The number of nitrogens with zero attached hydrogens (tertiary/aromatic N) is 1. The minimum Gasteiger partial charge on any atom is -0.507 e. The van der Waals surface area contributed by atoms with Gasteiger partial charge in [-0.2, -0.15) is 0 Å². The van der Waals surface area contributed by atoms with E-state index in [4.69, 9.17) is 50.8 Å². The molecule has 0 fully saturated rings. The molecule has 0 bridgehead atoms. The highest BCUT2D eigenvalue weighted by atomic mass is 35.6. The van der Waals surface area contributed by atoms with Crippen LogP contribution in [0.4, 0.5) is 5.69 Å². The lowest BCUT2D eigenvalue weighted by molar-refractivity contribution is -0.115. The first kappa shape index (κ1) is 17.2. The zero-order valence-electron chi connectivity index (χ0n) is 11.7. The lowest BCUT2D eigenvalue weighted by atomic mass is 10.1. The molecule has 24 heavy (non-hydrogen) atoms. The molecule has 0 radical (unpaired) electrons. The summed E-state index contributed by atoms with van der Waals surface area (Å²) in [5.74, 6) is -0.747. The summed E-state index contributed by atoms with van der Waals surface area (Å²) in [6.07, 6.45) is 0. The molecule has 1 heterocycles. The molecule has 0 aliphatic heterocycles. The smallest absolute Gasteiger partial charge is 0.276 e. The topological polar surface area (TPSA) is 75.4 Å². The van der Waals surface area contributed by atoms with Crippen molar-refractivity contribution in [1.82, 2.24) is 4.98 Å². The molecule has 0 atom stereocenters. The number of aromatic hydroxyl groups is 1. The minimum absolute atomic E-state index is 0.0838. The second-order valence-corrected chi connectivity index (χ2v) is 7.53. The zero-order chi connectivity index (χ0) is 17.5. The Morgan fingerprint density at radius 1 is 1.17 bits per heavy atom. The van der Waals surface area contributed by atoms with Crippen molar-refractivity contribution in [2.24, 2.45) is 0 Å². The van der Waals surface area contributed by atoms with Gasteiger partial charge in [0.15, 0.2) is 5.58 Å². The predicted octanol–water partition coefficient (Wildman–Crippen LogP) is 5.16. The van der Waals surface area contributed by atoms with Crippen LogP contribution in [0.15, 0.2) is 40.8 Å². The van der Waals surface area contributed by atoms with E-state index >= 15 is 0 Å². The number of benzene rings is 2. The van der Waals surface area contributed by atoms with Gasteiger partial charge in [-0.05, 0) is 36.4 Å². The van der Waals surface area contributed by atoms with E-state index in [-0.39, 0.29) is 17.2 Å². The summed E-state index contributed by atoms with van der Waals surface area (Å²) < 4.78 is 3.49. The minimum atomic E-state index is -2.10. The fourth-order valence-electron chi connectivity index (χ4n) is 2.00. The van der Waals surface area contributed by atoms with Crippen molar-refractivity contribution in [3.05, 3.63) is 41.4 Å². The van der Waals surface area contributed by atoms with Crippen LogP contribution in [0.1, 0.15) is 0 Å². The van der Waals surface area contributed by atoms with Crippen molar-refractivity contribution >= 4 is 69.1 Å². The van der Waals surface area contributed by atoms with Crippen LogP contribution >= 0.6 is 46.4 Å². The van der Waals surface area contributed by atoms with E-state index < -0.39 is 9.70 Å². The Balaban J connectivity index is 2.00. The molecule has 0 aliphatic rings. The fraction of sp³-hybridized carbons (Fsp3) is 0.0667. The van der Waals surface area contributed by atoms with Gasteiger partial charge in [-0.15, -0.1) is 0 Å². The van der Waals surface area contributed by atoms with E-state index in [9.17, 15) is 9.90 Å². The van der Waals surface area contributed by atoms with Crippen LogP contribution in [0.2, 0.25) is 5.02 Å². The van der Waals surface area contributed by atoms with Crippen LogP contribution in [0.5, 0.6) is 5.75 Å².